The van der Waals surface area contributed by atoms with Crippen molar-refractivity contribution in [2.24, 2.45) is 0 Å². The zero-order valence-corrected chi connectivity index (χ0v) is 28.8. The molecule has 0 saturated carbocycles. The Kier molecular flexibility index (Phi) is 35.2. The van der Waals surface area contributed by atoms with Gasteiger partial charge in [-0.15, -0.1) is 0 Å². The van der Waals surface area contributed by atoms with Gasteiger partial charge in [0.15, 0.2) is 0 Å². The maximum atomic E-state index is 10.3. The number of hydrogen-bond acceptors (Lipinski definition) is 2. The van der Waals surface area contributed by atoms with Crippen LogP contribution < -0.4 is 0 Å². The Morgan fingerprint density at radius 3 is 1.28 bits per heavy atom. The first-order valence-corrected chi connectivity index (χ1v) is 18.6. The number of hydrogen-bond donors (Lipinski definition) is 1. The highest BCUT2D eigenvalue weighted by Gasteiger charge is 2.20. The lowest BCUT2D eigenvalue weighted by atomic mass is 10.0. The molecule has 1 atom stereocenters. The molecule has 1 aliphatic heterocycles. The molecule has 1 heterocycles. The van der Waals surface area contributed by atoms with E-state index in [0.717, 1.165) is 38.7 Å². The van der Waals surface area contributed by atoms with Gasteiger partial charge in [-0.2, -0.15) is 0 Å². The Balaban J connectivity index is 0.000000821. The van der Waals surface area contributed by atoms with Gasteiger partial charge in [0.2, 0.25) is 0 Å². The number of rotatable bonds is 31. The smallest absolute Gasteiger partial charge is 0.303 e. The van der Waals surface area contributed by atoms with Crippen LogP contribution >= 0.6 is 0 Å². The molecule has 250 valence electrons. The fraction of sp³-hybridized carbons (Fsp3) is 0.775. The van der Waals surface area contributed by atoms with Crippen molar-refractivity contribution in [2.75, 3.05) is 6.61 Å². The average molecular weight is 601 g/mol. The molecule has 0 radical (unpaired) electrons. The minimum atomic E-state index is -0.712. The van der Waals surface area contributed by atoms with Crippen LogP contribution in [0.2, 0.25) is 0 Å². The summed E-state index contributed by atoms with van der Waals surface area (Å²) in [6.07, 6.45) is 52.6. The van der Waals surface area contributed by atoms with E-state index in [-0.39, 0.29) is 6.42 Å². The summed E-state index contributed by atoms with van der Waals surface area (Å²) in [6.45, 7) is 5.57. The molecule has 0 bridgehead atoms. The number of unbranched alkanes of at least 4 members (excludes halogenated alkanes) is 19. The van der Waals surface area contributed by atoms with Gasteiger partial charge in [0.05, 0.1) is 12.7 Å². The summed E-state index contributed by atoms with van der Waals surface area (Å²) in [6, 6.07) is 0. The van der Waals surface area contributed by atoms with E-state index in [9.17, 15) is 4.79 Å². The third kappa shape index (κ3) is 40.4. The maximum Gasteiger partial charge on any atom is 0.303 e. The van der Waals surface area contributed by atoms with E-state index in [1.54, 1.807) is 0 Å². The SMILES string of the molecule is CCCCC/C=C\C/C=C\C/C=C\C/C=C\CCCC(=O)O.CCCCCCCCCCCCCCCCCCC1CO1. The lowest BCUT2D eigenvalue weighted by Gasteiger charge is -2.03. The van der Waals surface area contributed by atoms with Gasteiger partial charge in [0.25, 0.3) is 0 Å². The maximum absolute atomic E-state index is 10.3. The zero-order chi connectivity index (χ0) is 31.3. The molecule has 3 heteroatoms. The zero-order valence-electron chi connectivity index (χ0n) is 28.8. The lowest BCUT2D eigenvalue weighted by molar-refractivity contribution is -0.137. The van der Waals surface area contributed by atoms with Crippen molar-refractivity contribution in [2.45, 2.75) is 193 Å². The van der Waals surface area contributed by atoms with Crippen molar-refractivity contribution in [3.8, 4) is 0 Å². The van der Waals surface area contributed by atoms with Crippen molar-refractivity contribution >= 4 is 5.97 Å². The summed E-state index contributed by atoms with van der Waals surface area (Å²) in [4.78, 5) is 10.3. The summed E-state index contributed by atoms with van der Waals surface area (Å²) in [7, 11) is 0. The van der Waals surface area contributed by atoms with E-state index in [2.05, 4.69) is 62.5 Å². The Morgan fingerprint density at radius 2 is 0.884 bits per heavy atom. The first kappa shape index (κ1) is 41.4. The Labute approximate surface area is 268 Å². The summed E-state index contributed by atoms with van der Waals surface area (Å²) < 4.78 is 5.23. The fourth-order valence-corrected chi connectivity index (χ4v) is 5.09. The molecule has 0 aromatic rings. The number of carbonyl (C=O) groups is 1. The third-order valence-corrected chi connectivity index (χ3v) is 8.00. The molecule has 1 rings (SSSR count). The Hall–Kier alpha value is -1.61. The molecule has 43 heavy (non-hydrogen) atoms. The second kappa shape index (κ2) is 36.6. The van der Waals surface area contributed by atoms with Crippen molar-refractivity contribution < 1.29 is 14.6 Å². The first-order valence-electron chi connectivity index (χ1n) is 18.6. The molecular weight excluding hydrogens is 528 g/mol. The summed E-state index contributed by atoms with van der Waals surface area (Å²) >= 11 is 0. The Morgan fingerprint density at radius 1 is 0.535 bits per heavy atom. The van der Waals surface area contributed by atoms with Crippen LogP contribution in [-0.2, 0) is 9.53 Å². The van der Waals surface area contributed by atoms with E-state index < -0.39 is 5.97 Å². The van der Waals surface area contributed by atoms with Crippen LogP contribution in [0.4, 0.5) is 0 Å². The van der Waals surface area contributed by atoms with Crippen molar-refractivity contribution in [1.82, 2.24) is 0 Å². The summed E-state index contributed by atoms with van der Waals surface area (Å²) in [5, 5.41) is 8.49. The van der Waals surface area contributed by atoms with Crippen LogP contribution in [0, 0.1) is 0 Å². The van der Waals surface area contributed by atoms with Crippen LogP contribution in [0.15, 0.2) is 48.6 Å². The molecule has 1 saturated heterocycles. The molecular formula is C40H72O3. The number of epoxide rings is 1. The highest BCUT2D eigenvalue weighted by molar-refractivity contribution is 5.66. The average Bonchev–Trinajstić information content (AvgIpc) is 3.83. The molecule has 3 nitrogen and oxygen atoms in total. The first-order chi connectivity index (χ1) is 21.2. The topological polar surface area (TPSA) is 49.8 Å². The predicted octanol–water partition coefficient (Wildman–Crippen LogP) is 13.3. The largest absolute Gasteiger partial charge is 0.481 e. The second-order valence-electron chi connectivity index (χ2n) is 12.4. The number of allylic oxidation sites excluding steroid dienone is 8. The van der Waals surface area contributed by atoms with E-state index >= 15 is 0 Å². The monoisotopic (exact) mass is 601 g/mol. The van der Waals surface area contributed by atoms with Gasteiger partial charge in [-0.1, -0.05) is 178 Å². The van der Waals surface area contributed by atoms with Crippen LogP contribution in [-0.4, -0.2) is 23.8 Å². The van der Waals surface area contributed by atoms with Gasteiger partial charge in [-0.05, 0) is 51.4 Å². The normalized spacial score (nSPS) is 14.8. The third-order valence-electron chi connectivity index (χ3n) is 8.00. The second-order valence-corrected chi connectivity index (χ2v) is 12.4. The van der Waals surface area contributed by atoms with Crippen LogP contribution in [0.3, 0.4) is 0 Å². The van der Waals surface area contributed by atoms with E-state index in [1.807, 2.05) is 0 Å². The van der Waals surface area contributed by atoms with Gasteiger partial charge in [-0.25, -0.2) is 0 Å². The molecule has 0 aromatic carbocycles. The standard InChI is InChI=1S/C20H32O2.C20H40O/c1-2-3-4-5-6-7-8-9-10-11-12-13-14-15-16-17-18-19-20(21)22;1-2-3-4-5-6-7-8-9-10-11-12-13-14-15-16-17-18-20-19-21-20/h6-7,9-10,12-13,15-16H,2-5,8,11,14,17-19H2,1H3,(H,21,22);20H,2-19H2,1H3/b7-6-,10-9-,13-12-,16-15-;. The number of carboxylic acid groups (broad SMARTS) is 1. The van der Waals surface area contributed by atoms with Gasteiger partial charge in [0.1, 0.15) is 0 Å². The highest BCUT2D eigenvalue weighted by Crippen LogP contribution is 2.18. The van der Waals surface area contributed by atoms with Crippen molar-refractivity contribution in [3.05, 3.63) is 48.6 Å². The number of ether oxygens (including phenoxy) is 1. The van der Waals surface area contributed by atoms with Crippen LogP contribution in [0.5, 0.6) is 0 Å². The fourth-order valence-electron chi connectivity index (χ4n) is 5.09. The summed E-state index contributed by atoms with van der Waals surface area (Å²) in [5.41, 5.74) is 0. The minimum absolute atomic E-state index is 0.262. The minimum Gasteiger partial charge on any atom is -0.481 e. The Bertz CT molecular complexity index is 671. The number of carboxylic acids is 1. The molecule has 1 unspecified atom stereocenters. The van der Waals surface area contributed by atoms with Crippen LogP contribution in [0.25, 0.3) is 0 Å². The summed E-state index contributed by atoms with van der Waals surface area (Å²) in [5.74, 6) is -0.712. The predicted molar refractivity (Wildman–Crippen MR) is 190 cm³/mol. The van der Waals surface area contributed by atoms with Gasteiger partial charge in [0, 0.05) is 6.42 Å². The molecule has 0 aliphatic carbocycles. The van der Waals surface area contributed by atoms with E-state index in [0.29, 0.717) is 6.10 Å². The van der Waals surface area contributed by atoms with Gasteiger partial charge in [-0.3, -0.25) is 4.79 Å². The molecule has 0 spiro atoms. The van der Waals surface area contributed by atoms with E-state index in [4.69, 9.17) is 9.84 Å². The van der Waals surface area contributed by atoms with Gasteiger partial charge >= 0.3 is 5.97 Å². The number of aliphatic carboxylic acids is 1. The van der Waals surface area contributed by atoms with Crippen LogP contribution in [0.1, 0.15) is 187 Å². The highest BCUT2D eigenvalue weighted by atomic mass is 16.6. The van der Waals surface area contributed by atoms with Gasteiger partial charge < -0.3 is 9.84 Å². The molecule has 1 aliphatic rings. The molecule has 1 fully saturated rings. The van der Waals surface area contributed by atoms with Crippen molar-refractivity contribution in [1.29, 1.82) is 0 Å². The molecule has 0 aromatic heterocycles. The van der Waals surface area contributed by atoms with Crippen molar-refractivity contribution in [3.63, 3.8) is 0 Å². The lowest BCUT2D eigenvalue weighted by Crippen LogP contribution is -1.92. The quantitative estimate of drug-likeness (QED) is 0.0489. The van der Waals surface area contributed by atoms with E-state index in [1.165, 1.54) is 135 Å². The molecule has 0 amide bonds. The molecule has 1 N–H and O–H groups in total.